The molecule has 0 spiro atoms. The summed E-state index contributed by atoms with van der Waals surface area (Å²) >= 11 is 0. The first-order chi connectivity index (χ1) is 12.6. The summed E-state index contributed by atoms with van der Waals surface area (Å²) in [5, 5.41) is 2.62. The van der Waals surface area contributed by atoms with Gasteiger partial charge in [-0.2, -0.15) is 0 Å². The summed E-state index contributed by atoms with van der Waals surface area (Å²) in [6, 6.07) is 16.7. The van der Waals surface area contributed by atoms with Crippen LogP contribution in [0.5, 0.6) is 0 Å². The molecule has 0 atom stereocenters. The number of fused-ring (bicyclic) bond motifs is 1. The van der Waals surface area contributed by atoms with E-state index in [1.165, 1.54) is 37.5 Å². The van der Waals surface area contributed by atoms with Crippen LogP contribution >= 0.6 is 0 Å². The third-order valence-corrected chi connectivity index (χ3v) is 5.15. The third-order valence-electron chi connectivity index (χ3n) is 5.15. The minimum absolute atomic E-state index is 0.409. The van der Waals surface area contributed by atoms with Crippen molar-refractivity contribution >= 4 is 16.6 Å². The Bertz CT molecular complexity index is 532. The molecule has 2 N–H and O–H groups in total. The van der Waals surface area contributed by atoms with E-state index in [2.05, 4.69) is 75.0 Å². The summed E-state index contributed by atoms with van der Waals surface area (Å²) < 4.78 is 1.16. The smallest absolute Gasteiger partial charge is 0.132 e. The van der Waals surface area contributed by atoms with Crippen LogP contribution in [0.1, 0.15) is 47.0 Å². The molecule has 0 heterocycles. The highest BCUT2D eigenvalue weighted by Crippen LogP contribution is 2.11. The molecule has 0 aliphatic heterocycles. The highest BCUT2D eigenvalue weighted by molar-refractivity contribution is 5.82. The standard InChI is InChI=1S/C12H26NO.C10H8.CH5N/c1-5-12(14)10-9-11-13(6-2,7-3)8-4;1-2-6-10-8-4-3-7-9(10)5-1;1-2/h5-11H2,1-4H3;1-8H;2H2,1H3/q+1;;. The molecular weight excluding hydrogens is 320 g/mol. The van der Waals surface area contributed by atoms with Gasteiger partial charge in [-0.15, -0.1) is 0 Å². The number of quaternary nitrogens is 1. The van der Waals surface area contributed by atoms with Crippen molar-refractivity contribution in [2.75, 3.05) is 33.2 Å². The van der Waals surface area contributed by atoms with Gasteiger partial charge in [0.05, 0.1) is 26.2 Å². The summed E-state index contributed by atoms with van der Waals surface area (Å²) in [7, 11) is 1.50. The molecule has 3 nitrogen and oxygen atoms in total. The van der Waals surface area contributed by atoms with Gasteiger partial charge in [-0.1, -0.05) is 55.5 Å². The molecule has 146 valence electrons. The van der Waals surface area contributed by atoms with E-state index >= 15 is 0 Å². The second-order valence-electron chi connectivity index (χ2n) is 6.36. The van der Waals surface area contributed by atoms with E-state index in [0.717, 1.165) is 23.9 Å². The van der Waals surface area contributed by atoms with Crippen LogP contribution in [0.2, 0.25) is 0 Å². The first kappa shape index (κ1) is 24.3. The predicted octanol–water partition coefficient (Wildman–Crippen LogP) is 5.04. The number of Topliss-reactive ketones (excluding diaryl/α,β-unsaturated/α-hetero) is 1. The number of benzene rings is 2. The quantitative estimate of drug-likeness (QED) is 0.671. The zero-order chi connectivity index (χ0) is 19.8. The summed E-state index contributed by atoms with van der Waals surface area (Å²) in [5.74, 6) is 0.409. The SMILES string of the molecule is CCC(=O)CCC[N+](CC)(CC)CC.CN.c1ccc2ccccc2c1. The monoisotopic (exact) mass is 359 g/mol. The zero-order valence-electron chi connectivity index (χ0n) is 17.5. The molecule has 0 bridgehead atoms. The van der Waals surface area contributed by atoms with Gasteiger partial charge in [0.2, 0.25) is 0 Å². The van der Waals surface area contributed by atoms with Crippen LogP contribution in [0.15, 0.2) is 48.5 Å². The molecule has 0 amide bonds. The zero-order valence-corrected chi connectivity index (χ0v) is 17.5. The molecule has 0 radical (unpaired) electrons. The van der Waals surface area contributed by atoms with Gasteiger partial charge in [0.1, 0.15) is 5.78 Å². The summed E-state index contributed by atoms with van der Waals surface area (Å²) in [6.45, 7) is 13.4. The lowest BCUT2D eigenvalue weighted by atomic mass is 10.1. The fourth-order valence-corrected chi connectivity index (χ4v) is 3.07. The largest absolute Gasteiger partial charge is 0.333 e. The van der Waals surface area contributed by atoms with E-state index in [4.69, 9.17) is 0 Å². The normalized spacial score (nSPS) is 10.4. The number of rotatable bonds is 8. The van der Waals surface area contributed by atoms with E-state index < -0.39 is 0 Å². The summed E-state index contributed by atoms with van der Waals surface area (Å²) in [5.41, 5.74) is 4.50. The van der Waals surface area contributed by atoms with E-state index in [1.807, 2.05) is 6.92 Å². The Labute approximate surface area is 160 Å². The van der Waals surface area contributed by atoms with Crippen LogP contribution in [0, 0.1) is 0 Å². The molecule has 0 fully saturated rings. The Morgan fingerprint density at radius 2 is 1.19 bits per heavy atom. The second-order valence-corrected chi connectivity index (χ2v) is 6.36. The van der Waals surface area contributed by atoms with Gasteiger partial charge < -0.3 is 10.2 Å². The highest BCUT2D eigenvalue weighted by Gasteiger charge is 2.19. The van der Waals surface area contributed by atoms with Crippen molar-refractivity contribution in [1.82, 2.24) is 0 Å². The van der Waals surface area contributed by atoms with Crippen LogP contribution in [-0.4, -0.2) is 43.5 Å². The van der Waals surface area contributed by atoms with E-state index in [-0.39, 0.29) is 0 Å². The molecule has 2 aromatic carbocycles. The van der Waals surface area contributed by atoms with Crippen molar-refractivity contribution in [1.29, 1.82) is 0 Å². The number of carbonyl (C=O) groups excluding carboxylic acids is 1. The summed E-state index contributed by atoms with van der Waals surface area (Å²) in [4.78, 5) is 11.2. The lowest BCUT2D eigenvalue weighted by Crippen LogP contribution is -2.48. The Balaban J connectivity index is 0.000000453. The van der Waals surface area contributed by atoms with Gasteiger partial charge in [-0.25, -0.2) is 0 Å². The maximum absolute atomic E-state index is 11.2. The van der Waals surface area contributed by atoms with Crippen LogP contribution in [0.25, 0.3) is 10.8 Å². The molecule has 0 saturated carbocycles. The molecule has 0 aliphatic rings. The van der Waals surface area contributed by atoms with Gasteiger partial charge in [-0.05, 0) is 38.6 Å². The number of ketones is 1. The fourth-order valence-electron chi connectivity index (χ4n) is 3.07. The Morgan fingerprint density at radius 3 is 1.50 bits per heavy atom. The van der Waals surface area contributed by atoms with Crippen molar-refractivity contribution in [3.63, 3.8) is 0 Å². The van der Waals surface area contributed by atoms with Gasteiger partial charge >= 0.3 is 0 Å². The Kier molecular flexibility index (Phi) is 13.5. The average molecular weight is 360 g/mol. The van der Waals surface area contributed by atoms with Crippen LogP contribution in [-0.2, 0) is 4.79 Å². The maximum Gasteiger partial charge on any atom is 0.132 e. The van der Waals surface area contributed by atoms with Crippen molar-refractivity contribution in [2.24, 2.45) is 5.73 Å². The van der Waals surface area contributed by atoms with E-state index in [1.54, 1.807) is 0 Å². The molecular formula is C23H39N2O+. The lowest BCUT2D eigenvalue weighted by molar-refractivity contribution is -0.923. The molecule has 0 saturated heterocycles. The summed E-state index contributed by atoms with van der Waals surface area (Å²) in [6.07, 6.45) is 2.53. The number of nitrogens with two attached hydrogens (primary N) is 1. The second kappa shape index (κ2) is 14.5. The highest BCUT2D eigenvalue weighted by atomic mass is 16.1. The molecule has 3 heteroatoms. The van der Waals surface area contributed by atoms with Crippen molar-refractivity contribution in [2.45, 2.75) is 47.0 Å². The minimum atomic E-state index is 0.409. The molecule has 2 rings (SSSR count). The van der Waals surface area contributed by atoms with E-state index in [9.17, 15) is 4.79 Å². The van der Waals surface area contributed by atoms with Crippen LogP contribution < -0.4 is 5.73 Å². The Hall–Kier alpha value is -1.71. The number of hydrogen-bond acceptors (Lipinski definition) is 2. The third kappa shape index (κ3) is 8.59. The van der Waals surface area contributed by atoms with E-state index in [0.29, 0.717) is 12.2 Å². The van der Waals surface area contributed by atoms with Gasteiger partial charge in [-0.3, -0.25) is 4.79 Å². The van der Waals surface area contributed by atoms with Crippen LogP contribution in [0.3, 0.4) is 0 Å². The van der Waals surface area contributed by atoms with Crippen LogP contribution in [0.4, 0.5) is 0 Å². The van der Waals surface area contributed by atoms with Crippen molar-refractivity contribution < 1.29 is 9.28 Å². The van der Waals surface area contributed by atoms with Gasteiger partial charge in [0.25, 0.3) is 0 Å². The molecule has 0 unspecified atom stereocenters. The lowest BCUT2D eigenvalue weighted by Gasteiger charge is -2.35. The number of nitrogens with zero attached hydrogens (tertiary/aromatic N) is 1. The number of hydrogen-bond donors (Lipinski definition) is 1. The van der Waals surface area contributed by atoms with Crippen molar-refractivity contribution in [3.05, 3.63) is 48.5 Å². The Morgan fingerprint density at radius 1 is 0.808 bits per heavy atom. The molecule has 26 heavy (non-hydrogen) atoms. The fraction of sp³-hybridized carbons (Fsp3) is 0.522. The first-order valence-corrected chi connectivity index (χ1v) is 9.99. The first-order valence-electron chi connectivity index (χ1n) is 9.99. The molecule has 2 aromatic rings. The van der Waals surface area contributed by atoms with Gasteiger partial charge in [0, 0.05) is 19.3 Å². The molecule has 0 aliphatic carbocycles. The topological polar surface area (TPSA) is 43.1 Å². The average Bonchev–Trinajstić information content (AvgIpc) is 2.73. The number of carbonyl (C=O) groups is 1. The maximum atomic E-state index is 11.2. The molecule has 0 aromatic heterocycles. The predicted molar refractivity (Wildman–Crippen MR) is 115 cm³/mol. The van der Waals surface area contributed by atoms with Gasteiger partial charge in [0.15, 0.2) is 0 Å². The minimum Gasteiger partial charge on any atom is -0.333 e. The van der Waals surface area contributed by atoms with Crippen molar-refractivity contribution in [3.8, 4) is 0 Å².